The van der Waals surface area contributed by atoms with Crippen LogP contribution in [-0.4, -0.2) is 5.97 Å². The van der Waals surface area contributed by atoms with Crippen LogP contribution >= 0.6 is 0 Å². The van der Waals surface area contributed by atoms with E-state index in [4.69, 9.17) is 4.74 Å². The van der Waals surface area contributed by atoms with Crippen LogP contribution in [0.3, 0.4) is 0 Å². The van der Waals surface area contributed by atoms with E-state index in [1.54, 1.807) is 6.08 Å². The first-order valence-electron chi connectivity index (χ1n) is 7.55. The summed E-state index contributed by atoms with van der Waals surface area (Å²) in [6.07, 6.45) is 3.25. The van der Waals surface area contributed by atoms with E-state index in [1.165, 1.54) is 17.2 Å². The topological polar surface area (TPSA) is 26.3 Å². The van der Waals surface area contributed by atoms with Crippen LogP contribution < -0.4 is 0 Å². The molecule has 2 nitrogen and oxygen atoms in total. The summed E-state index contributed by atoms with van der Waals surface area (Å²) in [4.78, 5) is 11.7. The van der Waals surface area contributed by atoms with Crippen LogP contribution in [0.4, 0.5) is 0 Å². The van der Waals surface area contributed by atoms with Crippen LogP contribution in [0.5, 0.6) is 0 Å². The standard InChI is InChI=1S/C20H22O2/c1-15(2)19-11-8-17(9-12-19)10-13-20(21)22-14-18-6-4-16(3)5-7-18/h4-13,15H,14H2,1-3H3. The number of hydrogen-bond acceptors (Lipinski definition) is 2. The number of carbonyl (C=O) groups is 1. The monoisotopic (exact) mass is 294 g/mol. The van der Waals surface area contributed by atoms with E-state index in [0.29, 0.717) is 12.5 Å². The summed E-state index contributed by atoms with van der Waals surface area (Å²) >= 11 is 0. The number of benzene rings is 2. The van der Waals surface area contributed by atoms with Crippen molar-refractivity contribution in [2.24, 2.45) is 0 Å². The van der Waals surface area contributed by atoms with Gasteiger partial charge in [0, 0.05) is 6.08 Å². The molecule has 2 aromatic rings. The Balaban J connectivity index is 1.87. The molecule has 0 aliphatic rings. The Labute approximate surface area is 132 Å². The Kier molecular flexibility index (Phi) is 5.54. The molecular formula is C20H22O2. The van der Waals surface area contributed by atoms with Crippen LogP contribution in [0.2, 0.25) is 0 Å². The van der Waals surface area contributed by atoms with Gasteiger partial charge in [-0.1, -0.05) is 67.9 Å². The molecule has 0 aromatic heterocycles. The maximum Gasteiger partial charge on any atom is 0.331 e. The maximum atomic E-state index is 11.7. The molecule has 0 unspecified atom stereocenters. The third-order valence-corrected chi connectivity index (χ3v) is 3.52. The second kappa shape index (κ2) is 7.60. The van der Waals surface area contributed by atoms with E-state index in [1.807, 2.05) is 43.3 Å². The van der Waals surface area contributed by atoms with Gasteiger partial charge in [0.1, 0.15) is 6.61 Å². The Morgan fingerprint density at radius 3 is 2.27 bits per heavy atom. The van der Waals surface area contributed by atoms with Crippen LogP contribution in [-0.2, 0) is 16.1 Å². The van der Waals surface area contributed by atoms with Crippen LogP contribution in [0.15, 0.2) is 54.6 Å². The predicted molar refractivity (Wildman–Crippen MR) is 90.5 cm³/mol. The molecule has 2 aromatic carbocycles. The number of aryl methyl sites for hydroxylation is 1. The molecule has 22 heavy (non-hydrogen) atoms. The summed E-state index contributed by atoms with van der Waals surface area (Å²) in [5, 5.41) is 0. The number of carbonyl (C=O) groups excluding carboxylic acids is 1. The Bertz CT molecular complexity index is 634. The van der Waals surface area contributed by atoms with Crippen molar-refractivity contribution in [3.8, 4) is 0 Å². The molecule has 0 radical (unpaired) electrons. The van der Waals surface area contributed by atoms with E-state index in [-0.39, 0.29) is 5.97 Å². The summed E-state index contributed by atoms with van der Waals surface area (Å²) in [6.45, 7) is 6.65. The van der Waals surface area contributed by atoms with Crippen molar-refractivity contribution in [3.05, 3.63) is 76.9 Å². The average Bonchev–Trinajstić information content (AvgIpc) is 2.52. The molecule has 0 saturated carbocycles. The Morgan fingerprint density at radius 2 is 1.68 bits per heavy atom. The van der Waals surface area contributed by atoms with Crippen molar-refractivity contribution in [1.82, 2.24) is 0 Å². The quantitative estimate of drug-likeness (QED) is 0.580. The number of rotatable bonds is 5. The lowest BCUT2D eigenvalue weighted by Crippen LogP contribution is -2.00. The predicted octanol–water partition coefficient (Wildman–Crippen LogP) is 4.88. The van der Waals surface area contributed by atoms with Gasteiger partial charge in [-0.05, 0) is 35.6 Å². The number of ether oxygens (including phenoxy) is 1. The molecule has 0 amide bonds. The van der Waals surface area contributed by atoms with Gasteiger partial charge in [0.25, 0.3) is 0 Å². The zero-order valence-electron chi connectivity index (χ0n) is 13.4. The lowest BCUT2D eigenvalue weighted by Gasteiger charge is -2.05. The van der Waals surface area contributed by atoms with Gasteiger partial charge >= 0.3 is 5.97 Å². The molecule has 0 heterocycles. The fourth-order valence-electron chi connectivity index (χ4n) is 2.04. The molecule has 114 valence electrons. The summed E-state index contributed by atoms with van der Waals surface area (Å²) < 4.78 is 5.23. The fraction of sp³-hybridized carbons (Fsp3) is 0.250. The minimum Gasteiger partial charge on any atom is -0.458 e. The minimum absolute atomic E-state index is 0.301. The Morgan fingerprint density at radius 1 is 1.05 bits per heavy atom. The van der Waals surface area contributed by atoms with Crippen molar-refractivity contribution in [1.29, 1.82) is 0 Å². The van der Waals surface area contributed by atoms with Gasteiger partial charge in [0.15, 0.2) is 0 Å². The lowest BCUT2D eigenvalue weighted by atomic mass is 10.0. The highest BCUT2D eigenvalue weighted by Gasteiger charge is 2.00. The van der Waals surface area contributed by atoms with Gasteiger partial charge < -0.3 is 4.74 Å². The molecule has 0 saturated heterocycles. The van der Waals surface area contributed by atoms with E-state index >= 15 is 0 Å². The molecular weight excluding hydrogens is 272 g/mol. The second-order valence-electron chi connectivity index (χ2n) is 5.75. The van der Waals surface area contributed by atoms with Crippen molar-refractivity contribution < 1.29 is 9.53 Å². The van der Waals surface area contributed by atoms with E-state index < -0.39 is 0 Å². The average molecular weight is 294 g/mol. The summed E-state index contributed by atoms with van der Waals surface area (Å²) in [7, 11) is 0. The van der Waals surface area contributed by atoms with Gasteiger partial charge in [0.05, 0.1) is 0 Å². The zero-order chi connectivity index (χ0) is 15.9. The molecule has 2 rings (SSSR count). The van der Waals surface area contributed by atoms with Gasteiger partial charge in [-0.25, -0.2) is 4.79 Å². The number of esters is 1. The van der Waals surface area contributed by atoms with Gasteiger partial charge in [-0.2, -0.15) is 0 Å². The van der Waals surface area contributed by atoms with Gasteiger partial charge in [-0.15, -0.1) is 0 Å². The van der Waals surface area contributed by atoms with Crippen molar-refractivity contribution in [3.63, 3.8) is 0 Å². The molecule has 0 aliphatic heterocycles. The maximum absolute atomic E-state index is 11.7. The molecule has 0 N–H and O–H groups in total. The first-order chi connectivity index (χ1) is 10.5. The molecule has 2 heteroatoms. The van der Waals surface area contributed by atoms with E-state index in [9.17, 15) is 4.79 Å². The molecule has 0 aliphatic carbocycles. The van der Waals surface area contributed by atoms with E-state index in [0.717, 1.165) is 11.1 Å². The lowest BCUT2D eigenvalue weighted by molar-refractivity contribution is -0.138. The highest BCUT2D eigenvalue weighted by molar-refractivity contribution is 5.87. The summed E-state index contributed by atoms with van der Waals surface area (Å²) in [5.74, 6) is 0.186. The first kappa shape index (κ1) is 16.0. The summed E-state index contributed by atoms with van der Waals surface area (Å²) in [5.41, 5.74) is 4.48. The smallest absolute Gasteiger partial charge is 0.331 e. The van der Waals surface area contributed by atoms with Crippen LogP contribution in [0.1, 0.15) is 42.0 Å². The Hall–Kier alpha value is -2.35. The van der Waals surface area contributed by atoms with Gasteiger partial charge in [-0.3, -0.25) is 0 Å². The van der Waals surface area contributed by atoms with E-state index in [2.05, 4.69) is 26.0 Å². The highest BCUT2D eigenvalue weighted by atomic mass is 16.5. The number of hydrogen-bond donors (Lipinski definition) is 0. The largest absolute Gasteiger partial charge is 0.458 e. The molecule has 0 spiro atoms. The van der Waals surface area contributed by atoms with Crippen LogP contribution in [0.25, 0.3) is 6.08 Å². The SMILES string of the molecule is Cc1ccc(COC(=O)C=Cc2ccc(C(C)C)cc2)cc1. The van der Waals surface area contributed by atoms with Crippen molar-refractivity contribution in [2.45, 2.75) is 33.3 Å². The second-order valence-corrected chi connectivity index (χ2v) is 5.75. The minimum atomic E-state index is -0.325. The third kappa shape index (κ3) is 4.88. The molecule has 0 atom stereocenters. The first-order valence-corrected chi connectivity index (χ1v) is 7.55. The van der Waals surface area contributed by atoms with Crippen LogP contribution in [0, 0.1) is 6.92 Å². The van der Waals surface area contributed by atoms with Crippen molar-refractivity contribution >= 4 is 12.0 Å². The summed E-state index contributed by atoms with van der Waals surface area (Å²) in [6, 6.07) is 16.2. The fourth-order valence-corrected chi connectivity index (χ4v) is 2.04. The normalized spacial score (nSPS) is 11.1. The third-order valence-electron chi connectivity index (χ3n) is 3.52. The zero-order valence-corrected chi connectivity index (χ0v) is 13.4. The molecule has 0 fully saturated rings. The molecule has 0 bridgehead atoms. The highest BCUT2D eigenvalue weighted by Crippen LogP contribution is 2.15. The van der Waals surface area contributed by atoms with Crippen molar-refractivity contribution in [2.75, 3.05) is 0 Å². The van der Waals surface area contributed by atoms with Gasteiger partial charge in [0.2, 0.25) is 0 Å².